The number of phenols is 1. The lowest BCUT2D eigenvalue weighted by atomic mass is 9.95. The van der Waals surface area contributed by atoms with Crippen molar-refractivity contribution in [3.63, 3.8) is 0 Å². The molecular weight excluding hydrogens is 422 g/mol. The summed E-state index contributed by atoms with van der Waals surface area (Å²) in [6, 6.07) is 15.3. The molecule has 0 aliphatic heterocycles. The summed E-state index contributed by atoms with van der Waals surface area (Å²) in [7, 11) is 0. The number of nitrogens with zero attached hydrogens (tertiary/aromatic N) is 4. The molecule has 0 spiro atoms. The van der Waals surface area contributed by atoms with Gasteiger partial charge in [0.05, 0.1) is 12.0 Å². The Bertz CT molecular complexity index is 1090. The van der Waals surface area contributed by atoms with E-state index in [4.69, 9.17) is 0 Å². The molecule has 7 nitrogen and oxygen atoms in total. The van der Waals surface area contributed by atoms with Gasteiger partial charge in [0, 0.05) is 11.6 Å². The molecule has 0 unspecified atom stereocenters. The molecule has 3 aromatic rings. The van der Waals surface area contributed by atoms with Gasteiger partial charge in [-0.1, -0.05) is 73.0 Å². The standard InChI is InChI=1S/C24H27N5O2S/c1-17-10-12-19(13-11-17)23-27-28-24(29(23)20-7-3-2-4-8-20)32-16-22(31)26-25-15-18-6-5-9-21(30)14-18/h5-6,9-15,20,30H,2-4,7-8,16H2,1H3,(H,26,31). The Morgan fingerprint density at radius 2 is 1.97 bits per heavy atom. The highest BCUT2D eigenvalue weighted by Crippen LogP contribution is 2.35. The van der Waals surface area contributed by atoms with E-state index >= 15 is 0 Å². The lowest BCUT2D eigenvalue weighted by Gasteiger charge is -2.25. The molecule has 1 aromatic heterocycles. The van der Waals surface area contributed by atoms with E-state index in [1.54, 1.807) is 24.3 Å². The van der Waals surface area contributed by atoms with E-state index in [9.17, 15) is 9.90 Å². The van der Waals surface area contributed by atoms with Gasteiger partial charge in [0.1, 0.15) is 5.75 Å². The number of hydrogen-bond donors (Lipinski definition) is 2. The van der Waals surface area contributed by atoms with Crippen LogP contribution >= 0.6 is 11.8 Å². The summed E-state index contributed by atoms with van der Waals surface area (Å²) < 4.78 is 2.22. The first kappa shape index (κ1) is 22.1. The first-order valence-corrected chi connectivity index (χ1v) is 11.8. The van der Waals surface area contributed by atoms with E-state index in [0.29, 0.717) is 11.6 Å². The highest BCUT2D eigenvalue weighted by molar-refractivity contribution is 7.99. The van der Waals surface area contributed by atoms with Crippen molar-refractivity contribution in [1.29, 1.82) is 0 Å². The van der Waals surface area contributed by atoms with Crippen LogP contribution in [0.1, 0.15) is 49.3 Å². The molecule has 1 fully saturated rings. The molecule has 8 heteroatoms. The number of carbonyl (C=O) groups excluding carboxylic acids is 1. The van der Waals surface area contributed by atoms with Crippen LogP contribution in [0.2, 0.25) is 0 Å². The normalized spacial score (nSPS) is 14.7. The van der Waals surface area contributed by atoms with Crippen molar-refractivity contribution in [1.82, 2.24) is 20.2 Å². The minimum Gasteiger partial charge on any atom is -0.508 e. The Hall–Kier alpha value is -3.13. The van der Waals surface area contributed by atoms with Crippen LogP contribution in [-0.4, -0.2) is 37.7 Å². The molecule has 1 saturated carbocycles. The second kappa shape index (κ2) is 10.5. The number of carbonyl (C=O) groups is 1. The van der Waals surface area contributed by atoms with Gasteiger partial charge in [-0.2, -0.15) is 5.10 Å². The molecule has 32 heavy (non-hydrogen) atoms. The third-order valence-electron chi connectivity index (χ3n) is 5.52. The maximum atomic E-state index is 12.3. The third kappa shape index (κ3) is 5.56. The number of aromatic hydroxyl groups is 1. The van der Waals surface area contributed by atoms with E-state index in [-0.39, 0.29) is 17.4 Å². The number of amides is 1. The summed E-state index contributed by atoms with van der Waals surface area (Å²) in [5.41, 5.74) is 5.49. The van der Waals surface area contributed by atoms with Crippen molar-refractivity contribution in [3.8, 4) is 17.1 Å². The van der Waals surface area contributed by atoms with Gasteiger partial charge >= 0.3 is 0 Å². The zero-order chi connectivity index (χ0) is 22.3. The minimum atomic E-state index is -0.221. The topological polar surface area (TPSA) is 92.4 Å². The van der Waals surface area contributed by atoms with E-state index in [0.717, 1.165) is 29.4 Å². The average molecular weight is 450 g/mol. The fourth-order valence-corrected chi connectivity index (χ4v) is 4.69. The highest BCUT2D eigenvalue weighted by Gasteiger charge is 2.24. The third-order valence-corrected chi connectivity index (χ3v) is 6.46. The van der Waals surface area contributed by atoms with Crippen molar-refractivity contribution < 1.29 is 9.90 Å². The van der Waals surface area contributed by atoms with E-state index in [1.165, 1.54) is 42.8 Å². The Balaban J connectivity index is 1.45. The maximum absolute atomic E-state index is 12.3. The SMILES string of the molecule is Cc1ccc(-c2nnc(SCC(=O)NN=Cc3cccc(O)c3)n2C2CCCCC2)cc1. The molecule has 1 amide bonds. The van der Waals surface area contributed by atoms with Gasteiger partial charge in [0.2, 0.25) is 0 Å². The van der Waals surface area contributed by atoms with E-state index < -0.39 is 0 Å². The first-order valence-electron chi connectivity index (χ1n) is 10.9. The van der Waals surface area contributed by atoms with Gasteiger partial charge in [0.25, 0.3) is 5.91 Å². The largest absolute Gasteiger partial charge is 0.508 e. The zero-order valence-corrected chi connectivity index (χ0v) is 18.9. The first-order chi connectivity index (χ1) is 15.6. The van der Waals surface area contributed by atoms with Crippen LogP contribution in [0.25, 0.3) is 11.4 Å². The molecule has 1 heterocycles. The summed E-state index contributed by atoms with van der Waals surface area (Å²) in [6.07, 6.45) is 7.37. The summed E-state index contributed by atoms with van der Waals surface area (Å²) >= 11 is 1.38. The number of hydrogen-bond acceptors (Lipinski definition) is 6. The van der Waals surface area contributed by atoms with Gasteiger partial charge in [-0.25, -0.2) is 5.43 Å². The number of benzene rings is 2. The van der Waals surface area contributed by atoms with Crippen LogP contribution in [0.15, 0.2) is 58.8 Å². The summed E-state index contributed by atoms with van der Waals surface area (Å²) in [5, 5.41) is 23.2. The van der Waals surface area contributed by atoms with Gasteiger partial charge in [-0.3, -0.25) is 9.36 Å². The van der Waals surface area contributed by atoms with Gasteiger partial charge in [0.15, 0.2) is 11.0 Å². The quantitative estimate of drug-likeness (QED) is 0.310. The van der Waals surface area contributed by atoms with Crippen molar-refractivity contribution in [2.75, 3.05) is 5.75 Å². The predicted octanol–water partition coefficient (Wildman–Crippen LogP) is 4.71. The lowest BCUT2D eigenvalue weighted by Crippen LogP contribution is -2.20. The molecule has 1 aliphatic carbocycles. The van der Waals surface area contributed by atoms with Crippen LogP contribution in [0.3, 0.4) is 0 Å². The van der Waals surface area contributed by atoms with Crippen LogP contribution in [0.5, 0.6) is 5.75 Å². The molecule has 0 bridgehead atoms. The maximum Gasteiger partial charge on any atom is 0.250 e. The fourth-order valence-electron chi connectivity index (χ4n) is 3.89. The average Bonchev–Trinajstić information content (AvgIpc) is 3.23. The lowest BCUT2D eigenvalue weighted by molar-refractivity contribution is -0.118. The van der Waals surface area contributed by atoms with E-state index in [2.05, 4.69) is 56.5 Å². The summed E-state index contributed by atoms with van der Waals surface area (Å²) in [6.45, 7) is 2.07. The van der Waals surface area contributed by atoms with Crippen LogP contribution in [0, 0.1) is 6.92 Å². The molecule has 0 saturated heterocycles. The number of phenolic OH excluding ortho intramolecular Hbond substituents is 1. The number of aryl methyl sites for hydroxylation is 1. The molecule has 0 atom stereocenters. The molecule has 1 aliphatic rings. The highest BCUT2D eigenvalue weighted by atomic mass is 32.2. The van der Waals surface area contributed by atoms with Crippen molar-refractivity contribution >= 4 is 23.9 Å². The molecule has 4 rings (SSSR count). The number of hydrazone groups is 1. The Kier molecular flexibility index (Phi) is 7.21. The zero-order valence-electron chi connectivity index (χ0n) is 18.1. The summed E-state index contributed by atoms with van der Waals surface area (Å²) in [4.78, 5) is 12.3. The molecule has 166 valence electrons. The van der Waals surface area contributed by atoms with Crippen LogP contribution < -0.4 is 5.43 Å². The molecule has 0 radical (unpaired) electrons. The smallest absolute Gasteiger partial charge is 0.250 e. The molecule has 2 aromatic carbocycles. The van der Waals surface area contributed by atoms with Crippen molar-refractivity contribution in [2.24, 2.45) is 5.10 Å². The Morgan fingerprint density at radius 3 is 2.72 bits per heavy atom. The summed E-state index contributed by atoms with van der Waals surface area (Å²) in [5.74, 6) is 0.987. The van der Waals surface area contributed by atoms with Crippen molar-refractivity contribution in [3.05, 3.63) is 59.7 Å². The fraction of sp³-hybridized carbons (Fsp3) is 0.333. The van der Waals surface area contributed by atoms with Gasteiger partial charge < -0.3 is 5.11 Å². The van der Waals surface area contributed by atoms with Crippen molar-refractivity contribution in [2.45, 2.75) is 50.2 Å². The Morgan fingerprint density at radius 1 is 1.19 bits per heavy atom. The number of rotatable bonds is 7. The second-order valence-corrected chi connectivity index (χ2v) is 8.95. The van der Waals surface area contributed by atoms with Crippen LogP contribution in [0.4, 0.5) is 0 Å². The van der Waals surface area contributed by atoms with Gasteiger partial charge in [-0.05, 0) is 37.5 Å². The number of nitrogens with one attached hydrogen (secondary N) is 1. The monoisotopic (exact) mass is 449 g/mol. The van der Waals surface area contributed by atoms with Gasteiger partial charge in [-0.15, -0.1) is 10.2 Å². The minimum absolute atomic E-state index is 0.155. The van der Waals surface area contributed by atoms with Crippen LogP contribution in [-0.2, 0) is 4.79 Å². The Labute approximate surface area is 192 Å². The number of thioether (sulfide) groups is 1. The second-order valence-electron chi connectivity index (χ2n) is 8.01. The number of aromatic nitrogens is 3. The predicted molar refractivity (Wildman–Crippen MR) is 127 cm³/mol. The van der Waals surface area contributed by atoms with E-state index in [1.807, 2.05) is 0 Å². The molecular formula is C24H27N5O2S. The molecule has 2 N–H and O–H groups in total.